The summed E-state index contributed by atoms with van der Waals surface area (Å²) in [4.78, 5) is 12.1. The van der Waals surface area contributed by atoms with Crippen molar-refractivity contribution in [1.82, 2.24) is 14.7 Å². The van der Waals surface area contributed by atoms with E-state index in [9.17, 15) is 4.79 Å². The van der Waals surface area contributed by atoms with Crippen LogP contribution in [0, 0.1) is 0 Å². The molecule has 0 saturated carbocycles. The van der Waals surface area contributed by atoms with Gasteiger partial charge in [-0.2, -0.15) is 5.10 Å². The van der Waals surface area contributed by atoms with E-state index < -0.39 is 6.09 Å². The third-order valence-electron chi connectivity index (χ3n) is 2.53. The molecule has 1 aromatic rings. The number of aromatic nitrogens is 2. The van der Waals surface area contributed by atoms with Crippen LogP contribution in [-0.2, 0) is 7.05 Å². The molecule has 0 spiro atoms. The van der Waals surface area contributed by atoms with Gasteiger partial charge >= 0.3 is 6.09 Å². The van der Waals surface area contributed by atoms with Crippen molar-refractivity contribution in [2.45, 2.75) is 12.5 Å². The molecule has 1 aliphatic rings. The summed E-state index contributed by atoms with van der Waals surface area (Å²) in [5, 5.41) is 16.1. The quantitative estimate of drug-likeness (QED) is 0.749. The van der Waals surface area contributed by atoms with E-state index in [2.05, 4.69) is 10.4 Å². The van der Waals surface area contributed by atoms with Crippen LogP contribution < -0.4 is 5.32 Å². The maximum atomic E-state index is 10.7. The Morgan fingerprint density at radius 3 is 3.07 bits per heavy atom. The molecular formula is C9H14N4O2. The fourth-order valence-electron chi connectivity index (χ4n) is 1.78. The number of hydrogen-bond acceptors (Lipinski definition) is 3. The summed E-state index contributed by atoms with van der Waals surface area (Å²) in [7, 11) is 1.85. The highest BCUT2D eigenvalue weighted by atomic mass is 16.4. The van der Waals surface area contributed by atoms with Crippen LogP contribution in [0.3, 0.4) is 0 Å². The number of likely N-dealkylation sites (tertiary alicyclic amines) is 1. The van der Waals surface area contributed by atoms with Crippen LogP contribution in [0.1, 0.15) is 6.42 Å². The summed E-state index contributed by atoms with van der Waals surface area (Å²) in [6, 6.07) is 0.199. The lowest BCUT2D eigenvalue weighted by Crippen LogP contribution is -2.30. The standard InChI is InChI=1S/C9H14N4O2/c1-12-5-8(4-10-12)11-7-2-3-13(6-7)9(14)15/h4-5,7,11H,2-3,6H2,1H3,(H,14,15)/t7-/m0/s1. The number of anilines is 1. The molecule has 0 aliphatic carbocycles. The zero-order valence-electron chi connectivity index (χ0n) is 8.55. The average Bonchev–Trinajstić information content (AvgIpc) is 2.76. The Bertz CT molecular complexity index is 363. The molecule has 0 radical (unpaired) electrons. The Morgan fingerprint density at radius 2 is 2.53 bits per heavy atom. The Kier molecular flexibility index (Phi) is 2.49. The van der Waals surface area contributed by atoms with E-state index in [1.54, 1.807) is 10.9 Å². The molecule has 2 heterocycles. The molecule has 1 saturated heterocycles. The van der Waals surface area contributed by atoms with Crippen LogP contribution in [0.2, 0.25) is 0 Å². The van der Waals surface area contributed by atoms with Gasteiger partial charge in [-0.25, -0.2) is 4.79 Å². The average molecular weight is 210 g/mol. The van der Waals surface area contributed by atoms with Gasteiger partial charge in [-0.3, -0.25) is 4.68 Å². The summed E-state index contributed by atoms with van der Waals surface area (Å²) in [6.07, 6.45) is 3.62. The van der Waals surface area contributed by atoms with Crippen molar-refractivity contribution < 1.29 is 9.90 Å². The predicted octanol–water partition coefficient (Wildman–Crippen LogP) is 0.584. The largest absolute Gasteiger partial charge is 0.465 e. The zero-order valence-corrected chi connectivity index (χ0v) is 8.55. The van der Waals surface area contributed by atoms with Crippen LogP contribution >= 0.6 is 0 Å². The topological polar surface area (TPSA) is 70.4 Å². The smallest absolute Gasteiger partial charge is 0.407 e. The summed E-state index contributed by atoms with van der Waals surface area (Å²) in [5.41, 5.74) is 0.940. The molecule has 1 aliphatic heterocycles. The van der Waals surface area contributed by atoms with Gasteiger partial charge in [0, 0.05) is 32.4 Å². The van der Waals surface area contributed by atoms with Crippen molar-refractivity contribution in [2.24, 2.45) is 7.05 Å². The first kappa shape index (κ1) is 9.82. The second kappa shape index (κ2) is 3.80. The first-order valence-electron chi connectivity index (χ1n) is 4.88. The highest BCUT2D eigenvalue weighted by Crippen LogP contribution is 2.14. The minimum atomic E-state index is -0.842. The van der Waals surface area contributed by atoms with Crippen LogP contribution in [0.25, 0.3) is 0 Å². The summed E-state index contributed by atoms with van der Waals surface area (Å²) >= 11 is 0. The SMILES string of the molecule is Cn1cc(N[C@H]2CCN(C(=O)O)C2)cn1. The van der Waals surface area contributed by atoms with Gasteiger partial charge in [-0.15, -0.1) is 0 Å². The molecule has 1 fully saturated rings. The molecule has 15 heavy (non-hydrogen) atoms. The highest BCUT2D eigenvalue weighted by Gasteiger charge is 2.25. The number of hydrogen-bond donors (Lipinski definition) is 2. The molecule has 2 N–H and O–H groups in total. The van der Waals surface area contributed by atoms with Crippen molar-refractivity contribution in [1.29, 1.82) is 0 Å². The lowest BCUT2D eigenvalue weighted by Gasteiger charge is -2.13. The second-order valence-corrected chi connectivity index (χ2v) is 3.76. The summed E-state index contributed by atoms with van der Waals surface area (Å²) in [6.45, 7) is 1.15. The van der Waals surface area contributed by atoms with Gasteiger partial charge in [0.05, 0.1) is 11.9 Å². The molecule has 1 aromatic heterocycles. The summed E-state index contributed by atoms with van der Waals surface area (Å²) in [5.74, 6) is 0. The third kappa shape index (κ3) is 2.20. The summed E-state index contributed by atoms with van der Waals surface area (Å²) < 4.78 is 1.71. The van der Waals surface area contributed by atoms with Crippen LogP contribution in [0.15, 0.2) is 12.4 Å². The molecule has 1 amide bonds. The molecule has 0 unspecified atom stereocenters. The normalized spacial score (nSPS) is 20.6. The molecular weight excluding hydrogens is 196 g/mol. The van der Waals surface area contributed by atoms with Crippen molar-refractivity contribution in [3.8, 4) is 0 Å². The Labute approximate surface area is 87.5 Å². The number of nitrogens with one attached hydrogen (secondary N) is 1. The van der Waals surface area contributed by atoms with Crippen molar-refractivity contribution >= 4 is 11.8 Å². The number of carbonyl (C=O) groups is 1. The zero-order chi connectivity index (χ0) is 10.8. The number of amides is 1. The van der Waals surface area contributed by atoms with E-state index in [-0.39, 0.29) is 6.04 Å². The fourth-order valence-corrected chi connectivity index (χ4v) is 1.78. The van der Waals surface area contributed by atoms with Gasteiger partial charge in [0.1, 0.15) is 0 Å². The first-order valence-corrected chi connectivity index (χ1v) is 4.88. The molecule has 6 nitrogen and oxygen atoms in total. The van der Waals surface area contributed by atoms with Crippen molar-refractivity contribution in [3.05, 3.63) is 12.4 Å². The van der Waals surface area contributed by atoms with Gasteiger partial charge in [0.25, 0.3) is 0 Å². The van der Waals surface area contributed by atoms with Gasteiger partial charge in [0.15, 0.2) is 0 Å². The molecule has 6 heteroatoms. The lowest BCUT2D eigenvalue weighted by molar-refractivity contribution is 0.155. The Morgan fingerprint density at radius 1 is 1.73 bits per heavy atom. The van der Waals surface area contributed by atoms with E-state index in [0.29, 0.717) is 13.1 Å². The number of carboxylic acid groups (broad SMARTS) is 1. The van der Waals surface area contributed by atoms with Gasteiger partial charge in [0.2, 0.25) is 0 Å². The predicted molar refractivity (Wildman–Crippen MR) is 54.8 cm³/mol. The minimum Gasteiger partial charge on any atom is -0.465 e. The molecule has 82 valence electrons. The molecule has 0 aromatic carbocycles. The van der Waals surface area contributed by atoms with Gasteiger partial charge < -0.3 is 15.3 Å². The fraction of sp³-hybridized carbons (Fsp3) is 0.556. The van der Waals surface area contributed by atoms with E-state index in [4.69, 9.17) is 5.11 Å². The van der Waals surface area contributed by atoms with E-state index in [1.165, 1.54) is 4.90 Å². The molecule has 1 atom stereocenters. The molecule has 2 rings (SSSR count). The van der Waals surface area contributed by atoms with E-state index >= 15 is 0 Å². The van der Waals surface area contributed by atoms with Crippen molar-refractivity contribution in [3.63, 3.8) is 0 Å². The monoisotopic (exact) mass is 210 g/mol. The van der Waals surface area contributed by atoms with Crippen LogP contribution in [0.5, 0.6) is 0 Å². The molecule has 0 bridgehead atoms. The van der Waals surface area contributed by atoms with E-state index in [1.807, 2.05) is 13.2 Å². The minimum absolute atomic E-state index is 0.199. The van der Waals surface area contributed by atoms with E-state index in [0.717, 1.165) is 12.1 Å². The van der Waals surface area contributed by atoms with Crippen LogP contribution in [0.4, 0.5) is 10.5 Å². The van der Waals surface area contributed by atoms with Crippen LogP contribution in [-0.4, -0.2) is 45.0 Å². The number of rotatable bonds is 2. The Hall–Kier alpha value is -1.72. The number of aryl methyl sites for hydroxylation is 1. The first-order chi connectivity index (χ1) is 7.15. The Balaban J connectivity index is 1.90. The second-order valence-electron chi connectivity index (χ2n) is 3.76. The third-order valence-corrected chi connectivity index (χ3v) is 2.53. The van der Waals surface area contributed by atoms with Crippen molar-refractivity contribution in [2.75, 3.05) is 18.4 Å². The van der Waals surface area contributed by atoms with Gasteiger partial charge in [-0.1, -0.05) is 0 Å². The lowest BCUT2D eigenvalue weighted by atomic mass is 10.2. The maximum Gasteiger partial charge on any atom is 0.407 e. The van der Waals surface area contributed by atoms with Gasteiger partial charge in [-0.05, 0) is 6.42 Å². The maximum absolute atomic E-state index is 10.7. The highest BCUT2D eigenvalue weighted by molar-refractivity contribution is 5.65. The number of nitrogens with zero attached hydrogens (tertiary/aromatic N) is 3.